The molecule has 0 amide bonds. The minimum Gasteiger partial charge on any atom is -0.710 e. The summed E-state index contributed by atoms with van der Waals surface area (Å²) in [5.41, 5.74) is 1.43. The highest BCUT2D eigenvalue weighted by Crippen LogP contribution is 2.28. The van der Waals surface area contributed by atoms with Crippen LogP contribution in [-0.4, -0.2) is 23.6 Å². The van der Waals surface area contributed by atoms with Gasteiger partial charge >= 0.3 is 5.82 Å². The van der Waals surface area contributed by atoms with Crippen molar-refractivity contribution in [3.8, 4) is 22.9 Å². The summed E-state index contributed by atoms with van der Waals surface area (Å²) in [7, 11) is 1.57. The topological polar surface area (TPSA) is 101 Å². The van der Waals surface area contributed by atoms with Gasteiger partial charge < -0.3 is 14.7 Å². The van der Waals surface area contributed by atoms with Crippen LogP contribution in [0.25, 0.3) is 23.5 Å². The van der Waals surface area contributed by atoms with Crippen LogP contribution in [0.2, 0.25) is 0 Å². The molecule has 3 rings (SSSR count). The zero-order chi connectivity index (χ0) is 20.8. The van der Waals surface area contributed by atoms with Gasteiger partial charge in [-0.15, -0.1) is 0 Å². The third kappa shape index (κ3) is 4.49. The molecule has 0 unspecified atom stereocenters. The average molecular weight is 393 g/mol. The number of nitrogens with zero attached hydrogens (tertiary/aromatic N) is 3. The van der Waals surface area contributed by atoms with Crippen LogP contribution in [0.15, 0.2) is 54.7 Å². The van der Waals surface area contributed by atoms with Crippen LogP contribution >= 0.6 is 0 Å². The number of benzene rings is 2. The third-order valence-electron chi connectivity index (χ3n) is 4.12. The van der Waals surface area contributed by atoms with Gasteiger partial charge in [-0.05, 0) is 41.7 Å². The highest BCUT2D eigenvalue weighted by atomic mass is 16.6. The van der Waals surface area contributed by atoms with Gasteiger partial charge in [0.2, 0.25) is 0 Å². The molecule has 0 N–H and O–H groups in total. The van der Waals surface area contributed by atoms with Crippen molar-refractivity contribution in [3.63, 3.8) is 0 Å². The van der Waals surface area contributed by atoms with Crippen LogP contribution < -0.4 is 14.2 Å². The molecule has 0 bridgehead atoms. The molecule has 3 aromatic rings. The Morgan fingerprint density at radius 2 is 1.97 bits per heavy atom. The van der Waals surface area contributed by atoms with Crippen molar-refractivity contribution in [2.75, 3.05) is 13.7 Å². The van der Waals surface area contributed by atoms with E-state index in [-0.39, 0.29) is 11.5 Å². The van der Waals surface area contributed by atoms with Crippen molar-refractivity contribution in [1.82, 2.24) is 4.98 Å². The maximum absolute atomic E-state index is 12.7. The molecule has 0 aliphatic heterocycles. The van der Waals surface area contributed by atoms with E-state index >= 15 is 0 Å². The highest BCUT2D eigenvalue weighted by Gasteiger charge is 2.16. The van der Waals surface area contributed by atoms with E-state index in [0.29, 0.717) is 34.1 Å². The Bertz CT molecular complexity index is 1070. The van der Waals surface area contributed by atoms with Crippen molar-refractivity contribution in [2.24, 2.45) is 0 Å². The van der Waals surface area contributed by atoms with Gasteiger partial charge in [-0.1, -0.05) is 18.2 Å². The predicted molar refractivity (Wildman–Crippen MR) is 108 cm³/mol. The van der Waals surface area contributed by atoms with E-state index in [1.54, 1.807) is 37.5 Å². The van der Waals surface area contributed by atoms with E-state index in [1.807, 2.05) is 19.1 Å². The number of non-ortho nitro benzene ring substituents is 1. The fraction of sp³-hybridized carbons (Fsp3) is 0.143. The number of hydrogen-bond acceptors (Lipinski definition) is 6. The lowest BCUT2D eigenvalue weighted by Crippen LogP contribution is -2.33. The Balaban J connectivity index is 1.93. The first kappa shape index (κ1) is 19.8. The number of aromatic nitrogens is 2. The lowest BCUT2D eigenvalue weighted by Gasteiger charge is -2.10. The van der Waals surface area contributed by atoms with E-state index < -0.39 is 4.92 Å². The molecule has 0 aliphatic carbocycles. The Kier molecular flexibility index (Phi) is 6.03. The lowest BCUT2D eigenvalue weighted by atomic mass is 10.1. The van der Waals surface area contributed by atoms with E-state index in [1.165, 1.54) is 24.4 Å². The van der Waals surface area contributed by atoms with Gasteiger partial charge in [-0.2, -0.15) is 0 Å². The first-order valence-electron chi connectivity index (χ1n) is 8.85. The second kappa shape index (κ2) is 8.83. The SMILES string of the molecule is CCOc1cc(/C=C/c2ccnc(-c3cccc([N+](=O)[O-])c3)[n+]2[O-])ccc1OC. The molecule has 1 aromatic heterocycles. The summed E-state index contributed by atoms with van der Waals surface area (Å²) in [6.45, 7) is 2.38. The molecular formula is C21H19N3O5. The molecule has 0 atom stereocenters. The summed E-state index contributed by atoms with van der Waals surface area (Å²) in [5.74, 6) is 1.32. The van der Waals surface area contributed by atoms with E-state index in [9.17, 15) is 15.3 Å². The normalized spacial score (nSPS) is 10.8. The Hall–Kier alpha value is -3.94. The third-order valence-corrected chi connectivity index (χ3v) is 4.12. The van der Waals surface area contributed by atoms with Crippen LogP contribution in [0.5, 0.6) is 11.5 Å². The van der Waals surface area contributed by atoms with Gasteiger partial charge in [-0.3, -0.25) is 10.1 Å². The molecule has 2 aromatic carbocycles. The summed E-state index contributed by atoms with van der Waals surface area (Å²) in [5, 5.41) is 23.7. The van der Waals surface area contributed by atoms with Crippen molar-refractivity contribution >= 4 is 17.8 Å². The zero-order valence-corrected chi connectivity index (χ0v) is 15.9. The fourth-order valence-corrected chi connectivity index (χ4v) is 2.75. The van der Waals surface area contributed by atoms with Crippen LogP contribution in [0.4, 0.5) is 5.69 Å². The molecule has 0 saturated heterocycles. The van der Waals surface area contributed by atoms with Crippen LogP contribution in [0.3, 0.4) is 0 Å². The number of nitro groups is 1. The van der Waals surface area contributed by atoms with Crippen molar-refractivity contribution < 1.29 is 19.1 Å². The quantitative estimate of drug-likeness (QED) is 0.261. The van der Waals surface area contributed by atoms with Gasteiger partial charge in [0.1, 0.15) is 11.9 Å². The molecule has 8 nitrogen and oxygen atoms in total. The first-order chi connectivity index (χ1) is 14.0. The van der Waals surface area contributed by atoms with Crippen LogP contribution in [0, 0.1) is 15.3 Å². The van der Waals surface area contributed by atoms with Crippen molar-refractivity contribution in [1.29, 1.82) is 0 Å². The summed E-state index contributed by atoms with van der Waals surface area (Å²) in [6, 6.07) is 12.8. The fourth-order valence-electron chi connectivity index (χ4n) is 2.75. The molecule has 29 heavy (non-hydrogen) atoms. The predicted octanol–water partition coefficient (Wildman–Crippen LogP) is 3.87. The van der Waals surface area contributed by atoms with E-state index in [4.69, 9.17) is 9.47 Å². The summed E-state index contributed by atoms with van der Waals surface area (Å²) in [6.07, 6.45) is 4.90. The molecule has 8 heteroatoms. The number of nitro benzene ring substituents is 1. The minimum atomic E-state index is -0.512. The molecule has 0 saturated carbocycles. The van der Waals surface area contributed by atoms with Crippen LogP contribution in [0.1, 0.15) is 18.2 Å². The number of methoxy groups -OCH3 is 1. The van der Waals surface area contributed by atoms with Gasteiger partial charge in [-0.25, -0.2) is 4.73 Å². The van der Waals surface area contributed by atoms with Gasteiger partial charge in [0.25, 0.3) is 5.69 Å². The maximum Gasteiger partial charge on any atom is 0.333 e. The smallest absolute Gasteiger partial charge is 0.333 e. The summed E-state index contributed by atoms with van der Waals surface area (Å²) >= 11 is 0. The van der Waals surface area contributed by atoms with Crippen LogP contribution in [-0.2, 0) is 0 Å². The van der Waals surface area contributed by atoms with Gasteiger partial charge in [0.15, 0.2) is 11.5 Å². The molecule has 1 heterocycles. The minimum absolute atomic E-state index is 0.0839. The second-order valence-electron chi connectivity index (χ2n) is 5.97. The standard InChI is InChI=1S/C21H19N3O5/c1-3-29-20-13-15(8-10-19(20)28-2)7-9-17-11-12-22-21(23(17)25)16-5-4-6-18(14-16)24(26)27/h4-14H,3H2,1-2H3/b9-7+. The zero-order valence-electron chi connectivity index (χ0n) is 15.9. The van der Waals surface area contributed by atoms with Crippen molar-refractivity contribution in [3.05, 3.63) is 81.3 Å². The summed E-state index contributed by atoms with van der Waals surface area (Å²) in [4.78, 5) is 14.6. The average Bonchev–Trinajstić information content (AvgIpc) is 2.73. The maximum atomic E-state index is 12.7. The van der Waals surface area contributed by atoms with Gasteiger partial charge in [0, 0.05) is 18.2 Å². The van der Waals surface area contributed by atoms with Crippen molar-refractivity contribution in [2.45, 2.75) is 6.92 Å². The second-order valence-corrected chi connectivity index (χ2v) is 5.97. The summed E-state index contributed by atoms with van der Waals surface area (Å²) < 4.78 is 11.5. The number of ether oxygens (including phenoxy) is 2. The van der Waals surface area contributed by atoms with E-state index in [0.717, 1.165) is 5.56 Å². The Labute approximate surface area is 167 Å². The highest BCUT2D eigenvalue weighted by molar-refractivity contribution is 5.69. The van der Waals surface area contributed by atoms with E-state index in [2.05, 4.69) is 4.98 Å². The Morgan fingerprint density at radius 1 is 1.14 bits per heavy atom. The van der Waals surface area contributed by atoms with Gasteiger partial charge in [0.05, 0.1) is 24.2 Å². The Morgan fingerprint density at radius 3 is 2.69 bits per heavy atom. The largest absolute Gasteiger partial charge is 0.710 e. The molecule has 0 aliphatic rings. The lowest BCUT2D eigenvalue weighted by molar-refractivity contribution is -0.598. The molecule has 0 fully saturated rings. The molecule has 0 radical (unpaired) electrons. The number of hydrogen-bond donors (Lipinski definition) is 0. The molecular weight excluding hydrogens is 374 g/mol. The number of rotatable bonds is 7. The molecule has 0 spiro atoms. The molecule has 148 valence electrons. The first-order valence-corrected chi connectivity index (χ1v) is 8.85. The monoisotopic (exact) mass is 393 g/mol.